The Morgan fingerprint density at radius 2 is 2.33 bits per heavy atom. The van der Waals surface area contributed by atoms with E-state index in [1.54, 1.807) is 6.08 Å². The van der Waals surface area contributed by atoms with Crippen LogP contribution in [0.25, 0.3) is 0 Å². The molecule has 0 aliphatic carbocycles. The number of carbonyl (C=O) groups is 1. The summed E-state index contributed by atoms with van der Waals surface area (Å²) >= 11 is 0. The summed E-state index contributed by atoms with van der Waals surface area (Å²) in [5.41, 5.74) is 0. The van der Waals surface area contributed by atoms with Gasteiger partial charge in [-0.15, -0.1) is 6.58 Å². The molecule has 0 N–H and O–H groups in total. The van der Waals surface area contributed by atoms with Gasteiger partial charge in [-0.05, 0) is 6.42 Å². The molecular formula is C6H9O2P. The van der Waals surface area contributed by atoms with Gasteiger partial charge in [-0.3, -0.25) is 9.36 Å². The van der Waals surface area contributed by atoms with Gasteiger partial charge in [0.1, 0.15) is 5.78 Å². The highest BCUT2D eigenvalue weighted by Gasteiger charge is 1.97. The maximum atomic E-state index is 10.5. The highest BCUT2D eigenvalue weighted by Crippen LogP contribution is 1.97. The van der Waals surface area contributed by atoms with E-state index in [0.29, 0.717) is 12.8 Å². The Morgan fingerprint density at radius 1 is 1.67 bits per heavy atom. The van der Waals surface area contributed by atoms with E-state index < -0.39 is 0 Å². The van der Waals surface area contributed by atoms with Gasteiger partial charge in [0.2, 0.25) is 0 Å². The number of rotatable bonds is 5. The molecule has 2 nitrogen and oxygen atoms in total. The molecule has 0 spiro atoms. The lowest BCUT2D eigenvalue weighted by Crippen LogP contribution is -1.96. The maximum absolute atomic E-state index is 10.5. The van der Waals surface area contributed by atoms with Crippen LogP contribution in [0.4, 0.5) is 0 Å². The average Bonchev–Trinajstić information content (AvgIpc) is 1.85. The van der Waals surface area contributed by atoms with Crippen molar-refractivity contribution in [3.05, 3.63) is 12.7 Å². The van der Waals surface area contributed by atoms with Gasteiger partial charge in [-0.25, -0.2) is 0 Å². The van der Waals surface area contributed by atoms with Gasteiger partial charge in [-0.1, -0.05) is 6.08 Å². The van der Waals surface area contributed by atoms with Gasteiger partial charge in [0.05, 0.1) is 6.16 Å². The third-order valence-electron chi connectivity index (χ3n) is 0.868. The molecular weight excluding hydrogens is 135 g/mol. The molecule has 9 heavy (non-hydrogen) atoms. The Kier molecular flexibility index (Phi) is 5.34. The molecule has 0 amide bonds. The van der Waals surface area contributed by atoms with Gasteiger partial charge in [0.25, 0.3) is 0 Å². The molecule has 50 valence electrons. The molecule has 0 unspecified atom stereocenters. The molecule has 0 aliphatic heterocycles. The van der Waals surface area contributed by atoms with Gasteiger partial charge in [0.15, 0.2) is 8.46 Å². The molecule has 0 bridgehead atoms. The van der Waals surface area contributed by atoms with E-state index in [1.807, 2.05) is 0 Å². The van der Waals surface area contributed by atoms with Crippen LogP contribution < -0.4 is 0 Å². The van der Waals surface area contributed by atoms with Crippen molar-refractivity contribution in [3.8, 4) is 0 Å². The minimum Gasteiger partial charge on any atom is -0.299 e. The predicted molar refractivity (Wildman–Crippen MR) is 36.9 cm³/mol. The molecule has 0 rings (SSSR count). The third kappa shape index (κ3) is 5.38. The van der Waals surface area contributed by atoms with Crippen LogP contribution in [0.1, 0.15) is 12.8 Å². The first-order valence-electron chi connectivity index (χ1n) is 2.73. The summed E-state index contributed by atoms with van der Waals surface area (Å²) in [5, 5.41) is 0. The van der Waals surface area contributed by atoms with E-state index >= 15 is 0 Å². The zero-order chi connectivity index (χ0) is 7.11. The summed E-state index contributed by atoms with van der Waals surface area (Å²) < 4.78 is 9.83. The summed E-state index contributed by atoms with van der Waals surface area (Å²) in [6.45, 7) is 3.46. The van der Waals surface area contributed by atoms with E-state index in [9.17, 15) is 9.36 Å². The van der Waals surface area contributed by atoms with Crippen LogP contribution in [0, 0.1) is 0 Å². The van der Waals surface area contributed by atoms with Crippen molar-refractivity contribution in [2.24, 2.45) is 0 Å². The van der Waals surface area contributed by atoms with Crippen molar-refractivity contribution in [1.29, 1.82) is 0 Å². The highest BCUT2D eigenvalue weighted by molar-refractivity contribution is 7.25. The molecule has 0 fully saturated rings. The minimum absolute atomic E-state index is 0.0339. The third-order valence-corrected chi connectivity index (χ3v) is 1.35. The largest absolute Gasteiger partial charge is 0.299 e. The SMILES string of the molecule is C=CCCC(=O)CP=O. The smallest absolute Gasteiger partial charge is 0.163 e. The fraction of sp³-hybridized carbons (Fsp3) is 0.500. The number of Topliss-reactive ketones (excluding diaryl/α,β-unsaturated/α-hetero) is 1. The molecule has 0 atom stereocenters. The lowest BCUT2D eigenvalue weighted by molar-refractivity contribution is -0.116. The van der Waals surface area contributed by atoms with Crippen molar-refractivity contribution >= 4 is 14.2 Å². The van der Waals surface area contributed by atoms with E-state index in [0.717, 1.165) is 0 Å². The summed E-state index contributed by atoms with van der Waals surface area (Å²) in [4.78, 5) is 10.5. The Morgan fingerprint density at radius 3 is 2.78 bits per heavy atom. The normalized spacial score (nSPS) is 9.33. The molecule has 3 heteroatoms. The molecule has 0 saturated carbocycles. The summed E-state index contributed by atoms with van der Waals surface area (Å²) in [5.74, 6) is 0.0339. The van der Waals surface area contributed by atoms with Gasteiger partial charge >= 0.3 is 0 Å². The summed E-state index contributed by atoms with van der Waals surface area (Å²) in [6, 6.07) is 0. The van der Waals surface area contributed by atoms with Gasteiger partial charge in [0, 0.05) is 6.42 Å². The first kappa shape index (κ1) is 8.51. The number of ketones is 1. The zero-order valence-electron chi connectivity index (χ0n) is 5.17. The first-order chi connectivity index (χ1) is 4.31. The van der Waals surface area contributed by atoms with Crippen LogP contribution in [-0.2, 0) is 9.36 Å². The minimum atomic E-state index is -0.0791. The Labute approximate surface area is 56.2 Å². The van der Waals surface area contributed by atoms with Gasteiger partial charge in [-0.2, -0.15) is 0 Å². The molecule has 0 heterocycles. The number of hydrogen-bond donors (Lipinski definition) is 0. The summed E-state index contributed by atoms with van der Waals surface area (Å²) in [6.07, 6.45) is 2.99. The second kappa shape index (κ2) is 5.64. The molecule has 0 aromatic rings. The lowest BCUT2D eigenvalue weighted by Gasteiger charge is -1.87. The standard InChI is InChI=1S/C6H9O2P/c1-2-3-4-6(7)5-9-8/h2H,1,3-5H2. The lowest BCUT2D eigenvalue weighted by atomic mass is 10.2. The van der Waals surface area contributed by atoms with Crippen molar-refractivity contribution in [1.82, 2.24) is 0 Å². The fourth-order valence-corrected chi connectivity index (χ4v) is 0.716. The first-order valence-corrected chi connectivity index (χ1v) is 3.72. The van der Waals surface area contributed by atoms with E-state index in [4.69, 9.17) is 0 Å². The zero-order valence-corrected chi connectivity index (χ0v) is 6.06. The number of hydrogen-bond acceptors (Lipinski definition) is 2. The monoisotopic (exact) mass is 144 g/mol. The van der Waals surface area contributed by atoms with Crippen molar-refractivity contribution in [2.75, 3.05) is 6.16 Å². The molecule has 0 radical (unpaired) electrons. The topological polar surface area (TPSA) is 34.1 Å². The summed E-state index contributed by atoms with van der Waals surface area (Å²) in [7, 11) is -0.0791. The van der Waals surface area contributed by atoms with E-state index in [1.165, 1.54) is 0 Å². The van der Waals surface area contributed by atoms with Crippen LogP contribution in [0.3, 0.4) is 0 Å². The maximum Gasteiger partial charge on any atom is 0.163 e. The molecule has 0 aliphatic rings. The second-order valence-electron chi connectivity index (χ2n) is 1.65. The molecule has 0 aromatic heterocycles. The van der Waals surface area contributed by atoms with Crippen molar-refractivity contribution < 1.29 is 9.36 Å². The Bertz CT molecular complexity index is 120. The van der Waals surface area contributed by atoms with Crippen LogP contribution in [0.15, 0.2) is 12.7 Å². The highest BCUT2D eigenvalue weighted by atomic mass is 31.1. The number of carbonyl (C=O) groups excluding carboxylic acids is 1. The van der Waals surface area contributed by atoms with Crippen molar-refractivity contribution in [2.45, 2.75) is 12.8 Å². The van der Waals surface area contributed by atoms with Crippen LogP contribution in [0.5, 0.6) is 0 Å². The predicted octanol–water partition coefficient (Wildman–Crippen LogP) is 1.81. The van der Waals surface area contributed by atoms with Crippen LogP contribution >= 0.6 is 8.46 Å². The van der Waals surface area contributed by atoms with Crippen LogP contribution in [-0.4, -0.2) is 11.9 Å². The molecule has 0 saturated heterocycles. The van der Waals surface area contributed by atoms with Crippen molar-refractivity contribution in [3.63, 3.8) is 0 Å². The second-order valence-corrected chi connectivity index (χ2v) is 2.23. The van der Waals surface area contributed by atoms with Crippen LogP contribution in [0.2, 0.25) is 0 Å². The number of allylic oxidation sites excluding steroid dienone is 1. The quantitative estimate of drug-likeness (QED) is 0.435. The Hall–Kier alpha value is -0.490. The Balaban J connectivity index is 3.26. The molecule has 0 aromatic carbocycles. The van der Waals surface area contributed by atoms with Gasteiger partial charge < -0.3 is 0 Å². The average molecular weight is 144 g/mol. The van der Waals surface area contributed by atoms with E-state index in [2.05, 4.69) is 6.58 Å². The fourth-order valence-electron chi connectivity index (χ4n) is 0.414. The van der Waals surface area contributed by atoms with E-state index in [-0.39, 0.29) is 20.4 Å².